The van der Waals surface area contributed by atoms with Gasteiger partial charge in [-0.15, -0.1) is 0 Å². The van der Waals surface area contributed by atoms with Gasteiger partial charge in [0.25, 0.3) is 0 Å². The summed E-state index contributed by atoms with van der Waals surface area (Å²) in [5.74, 6) is -0.642. The zero-order valence-corrected chi connectivity index (χ0v) is 17.4. The van der Waals surface area contributed by atoms with Gasteiger partial charge in [0.2, 0.25) is 0 Å². The number of nitrogens with two attached hydrogens (primary N) is 4. The van der Waals surface area contributed by atoms with Gasteiger partial charge in [-0.25, -0.2) is 8.78 Å². The number of allylic oxidation sites excluding steroid dienone is 2. The van der Waals surface area contributed by atoms with Gasteiger partial charge in [0.1, 0.15) is 11.6 Å². The lowest BCUT2D eigenvalue weighted by Gasteiger charge is -2.33. The molecular weight excluding hydrogens is 470 g/mol. The topological polar surface area (TPSA) is 104 Å². The van der Waals surface area contributed by atoms with Gasteiger partial charge >= 0.3 is 0 Å². The first-order valence-corrected chi connectivity index (χ1v) is 10.0. The molecule has 0 heterocycles. The molecule has 142 valence electrons. The monoisotopic (exact) mass is 490 g/mol. The highest BCUT2D eigenvalue weighted by Crippen LogP contribution is 2.51. The molecule has 0 aliphatic heterocycles. The molecule has 4 nitrogen and oxygen atoms in total. The Morgan fingerprint density at radius 2 is 1.62 bits per heavy atom. The van der Waals surface area contributed by atoms with Crippen LogP contribution in [0, 0.1) is 17.7 Å². The summed E-state index contributed by atoms with van der Waals surface area (Å²) in [4.78, 5) is 0. The van der Waals surface area contributed by atoms with E-state index in [2.05, 4.69) is 38.8 Å². The van der Waals surface area contributed by atoms with Crippen molar-refractivity contribution in [2.75, 3.05) is 11.5 Å². The first-order chi connectivity index (χ1) is 12.1. The maximum Gasteiger partial charge on any atom is 0.139 e. The molecule has 2 aliphatic carbocycles. The third-order valence-corrected chi connectivity index (χ3v) is 7.51. The number of anilines is 2. The molecule has 5 unspecified atom stereocenters. The first-order valence-electron chi connectivity index (χ1n) is 8.45. The summed E-state index contributed by atoms with van der Waals surface area (Å²) in [5.41, 5.74) is 26.5. The van der Waals surface area contributed by atoms with Gasteiger partial charge in [-0.2, -0.15) is 0 Å². The van der Waals surface area contributed by atoms with Crippen LogP contribution in [0.4, 0.5) is 20.2 Å². The van der Waals surface area contributed by atoms with Crippen LogP contribution in [0.3, 0.4) is 0 Å². The molecule has 0 aromatic heterocycles. The van der Waals surface area contributed by atoms with E-state index < -0.39 is 17.9 Å². The molecule has 1 fully saturated rings. The summed E-state index contributed by atoms with van der Waals surface area (Å²) in [6.07, 6.45) is 3.09. The van der Waals surface area contributed by atoms with E-state index in [0.29, 0.717) is 15.7 Å². The Morgan fingerprint density at radius 1 is 1.00 bits per heavy atom. The van der Waals surface area contributed by atoms with E-state index in [-0.39, 0.29) is 33.7 Å². The zero-order valence-electron chi connectivity index (χ0n) is 14.3. The van der Waals surface area contributed by atoms with Crippen molar-refractivity contribution in [2.24, 2.45) is 23.3 Å². The smallest absolute Gasteiger partial charge is 0.139 e. The molecule has 1 aromatic carbocycles. The highest BCUT2D eigenvalue weighted by Gasteiger charge is 2.41. The minimum atomic E-state index is -0.605. The van der Waals surface area contributed by atoms with Gasteiger partial charge in [-0.1, -0.05) is 22.9 Å². The molecule has 3 rings (SSSR count). The number of halogens is 4. The van der Waals surface area contributed by atoms with Crippen molar-refractivity contribution in [1.29, 1.82) is 0 Å². The largest absolute Gasteiger partial charge is 0.397 e. The van der Waals surface area contributed by atoms with Crippen LogP contribution >= 0.6 is 31.9 Å². The van der Waals surface area contributed by atoms with Crippen molar-refractivity contribution in [1.82, 2.24) is 0 Å². The molecule has 26 heavy (non-hydrogen) atoms. The van der Waals surface area contributed by atoms with Gasteiger partial charge in [0.05, 0.1) is 21.9 Å². The van der Waals surface area contributed by atoms with Gasteiger partial charge in [-0.3, -0.25) is 0 Å². The average Bonchev–Trinajstić information content (AvgIpc) is 2.98. The fraction of sp³-hybridized carbons (Fsp3) is 0.444. The summed E-state index contributed by atoms with van der Waals surface area (Å²) >= 11 is 6.29. The second-order valence-electron chi connectivity index (χ2n) is 7.13. The van der Waals surface area contributed by atoms with Gasteiger partial charge in [0, 0.05) is 10.5 Å². The number of hydrogen-bond acceptors (Lipinski definition) is 4. The van der Waals surface area contributed by atoms with Crippen molar-refractivity contribution in [3.8, 4) is 0 Å². The summed E-state index contributed by atoms with van der Waals surface area (Å²) in [7, 11) is 0. The van der Waals surface area contributed by atoms with E-state index in [0.717, 1.165) is 18.4 Å². The van der Waals surface area contributed by atoms with Crippen molar-refractivity contribution in [3.63, 3.8) is 0 Å². The third-order valence-electron chi connectivity index (χ3n) is 5.80. The molecule has 0 saturated heterocycles. The van der Waals surface area contributed by atoms with Crippen molar-refractivity contribution < 1.29 is 8.78 Å². The average molecular weight is 492 g/mol. The maximum atomic E-state index is 14.2. The molecule has 0 spiro atoms. The molecule has 1 aromatic rings. The predicted octanol–water partition coefficient (Wildman–Crippen LogP) is 4.05. The second kappa shape index (κ2) is 7.22. The van der Waals surface area contributed by atoms with Crippen LogP contribution in [-0.4, -0.2) is 12.1 Å². The van der Waals surface area contributed by atoms with Crippen LogP contribution in [0.5, 0.6) is 0 Å². The minimum absolute atomic E-state index is 0.0200. The highest BCUT2D eigenvalue weighted by molar-refractivity contribution is 9.11. The fourth-order valence-electron chi connectivity index (χ4n) is 4.25. The van der Waals surface area contributed by atoms with E-state index in [9.17, 15) is 8.78 Å². The van der Waals surface area contributed by atoms with E-state index in [1.165, 1.54) is 12.1 Å². The lowest BCUT2D eigenvalue weighted by atomic mass is 9.77. The zero-order chi connectivity index (χ0) is 19.3. The fourth-order valence-corrected chi connectivity index (χ4v) is 4.98. The molecule has 1 saturated carbocycles. The number of rotatable bonds is 2. The molecule has 5 atom stereocenters. The lowest BCUT2D eigenvalue weighted by Crippen LogP contribution is -2.46. The Labute approximate surface area is 168 Å². The Morgan fingerprint density at radius 3 is 2.27 bits per heavy atom. The summed E-state index contributed by atoms with van der Waals surface area (Å²) < 4.78 is 28.8. The van der Waals surface area contributed by atoms with E-state index in [1.54, 1.807) is 0 Å². The van der Waals surface area contributed by atoms with E-state index in [1.807, 2.05) is 0 Å². The minimum Gasteiger partial charge on any atom is -0.397 e. The van der Waals surface area contributed by atoms with Crippen LogP contribution in [0.2, 0.25) is 0 Å². The Balaban J connectivity index is 1.95. The van der Waals surface area contributed by atoms with Gasteiger partial charge in [0.15, 0.2) is 0 Å². The number of benzene rings is 1. The normalized spacial score (nSPS) is 32.1. The quantitative estimate of drug-likeness (QED) is 0.468. The summed E-state index contributed by atoms with van der Waals surface area (Å²) in [6, 6.07) is 0.378. The van der Waals surface area contributed by atoms with Crippen molar-refractivity contribution in [2.45, 2.75) is 37.8 Å². The van der Waals surface area contributed by atoms with Crippen LogP contribution < -0.4 is 22.9 Å². The predicted molar refractivity (Wildman–Crippen MR) is 109 cm³/mol. The van der Waals surface area contributed by atoms with Crippen LogP contribution in [0.15, 0.2) is 32.5 Å². The SMILES string of the molecule is CC1C(C2=CC(F)=C(Br)C(N)C2N)CCC1c1cc(F)c(Br)c(N)c1N. The molecule has 0 bridgehead atoms. The van der Waals surface area contributed by atoms with E-state index in [4.69, 9.17) is 22.9 Å². The van der Waals surface area contributed by atoms with Crippen molar-refractivity contribution >= 4 is 43.2 Å². The van der Waals surface area contributed by atoms with Crippen molar-refractivity contribution in [3.05, 3.63) is 43.9 Å². The standard InChI is InChI=1S/C18H22Br2F2N4/c1-6-7(9-4-11(21)13(19)17(25)15(9)23)2-3-8(6)10-5-12(22)14(20)18(26)16(10)24/h4-8,15,17H,2-3,23-26H2,1H3. The van der Waals surface area contributed by atoms with Crippen LogP contribution in [-0.2, 0) is 0 Å². The molecule has 0 radical (unpaired) electrons. The molecule has 8 N–H and O–H groups in total. The highest BCUT2D eigenvalue weighted by atomic mass is 79.9. The third kappa shape index (κ3) is 3.10. The van der Waals surface area contributed by atoms with E-state index >= 15 is 0 Å². The maximum absolute atomic E-state index is 14.2. The van der Waals surface area contributed by atoms with Gasteiger partial charge in [-0.05, 0) is 69.8 Å². The summed E-state index contributed by atoms with van der Waals surface area (Å²) in [5, 5.41) is 0. The number of nitrogen functional groups attached to an aromatic ring is 2. The molecule has 8 heteroatoms. The van der Waals surface area contributed by atoms with Crippen LogP contribution in [0.25, 0.3) is 0 Å². The molecule has 2 aliphatic rings. The number of hydrogen-bond donors (Lipinski definition) is 4. The van der Waals surface area contributed by atoms with Crippen LogP contribution in [0.1, 0.15) is 31.2 Å². The Bertz CT molecular complexity index is 809. The Hall–Kier alpha value is -0.960. The first kappa shape index (κ1) is 19.8. The van der Waals surface area contributed by atoms with Gasteiger partial charge < -0.3 is 22.9 Å². The lowest BCUT2D eigenvalue weighted by molar-refractivity contribution is 0.409. The Kier molecular flexibility index (Phi) is 5.50. The summed E-state index contributed by atoms with van der Waals surface area (Å²) in [6.45, 7) is 2.06. The molecule has 0 amide bonds. The molecular formula is C18H22Br2F2N4. The second-order valence-corrected chi connectivity index (χ2v) is 8.78.